The Bertz CT molecular complexity index is 917. The molecule has 0 atom stereocenters. The fourth-order valence-corrected chi connectivity index (χ4v) is 3.00. The number of aromatic nitrogens is 1. The highest BCUT2D eigenvalue weighted by Crippen LogP contribution is 2.24. The van der Waals surface area contributed by atoms with E-state index in [1.54, 1.807) is 23.1 Å². The minimum absolute atomic E-state index is 0.00845. The Labute approximate surface area is 155 Å². The van der Waals surface area contributed by atoms with Gasteiger partial charge in [-0.15, -0.1) is 0 Å². The Morgan fingerprint density at radius 2 is 1.96 bits per heavy atom. The minimum Gasteiger partial charge on any atom is -0.464 e. The van der Waals surface area contributed by atoms with E-state index >= 15 is 0 Å². The molecule has 3 rings (SSSR count). The molecule has 2 aromatic rings. The van der Waals surface area contributed by atoms with Crippen molar-refractivity contribution >= 4 is 17.6 Å². The van der Waals surface area contributed by atoms with Crippen molar-refractivity contribution in [2.75, 3.05) is 38.2 Å². The number of carbonyl (C=O) groups is 2. The first-order chi connectivity index (χ1) is 13.0. The second kappa shape index (κ2) is 7.83. The fourth-order valence-electron chi connectivity index (χ4n) is 3.00. The summed E-state index contributed by atoms with van der Waals surface area (Å²) in [5.74, 6) is -1.38. The molecule has 1 aromatic heterocycles. The van der Waals surface area contributed by atoms with E-state index in [0.717, 1.165) is 0 Å². The van der Waals surface area contributed by atoms with Crippen LogP contribution in [0.25, 0.3) is 0 Å². The highest BCUT2D eigenvalue weighted by molar-refractivity contribution is 5.97. The van der Waals surface area contributed by atoms with Gasteiger partial charge in [0.2, 0.25) is 0 Å². The number of methoxy groups -OCH3 is 1. The lowest BCUT2D eigenvalue weighted by atomic mass is 10.1. The van der Waals surface area contributed by atoms with Gasteiger partial charge in [-0.3, -0.25) is 4.79 Å². The number of carbonyl (C=O) groups excluding carboxylic acids is 2. The maximum atomic E-state index is 13.8. The van der Waals surface area contributed by atoms with Gasteiger partial charge in [0, 0.05) is 37.9 Å². The molecule has 0 aliphatic carbocycles. The summed E-state index contributed by atoms with van der Waals surface area (Å²) in [7, 11) is 1.25. The molecular weight excluding hydrogens is 351 g/mol. The van der Waals surface area contributed by atoms with Gasteiger partial charge >= 0.3 is 5.97 Å². The van der Waals surface area contributed by atoms with Crippen molar-refractivity contribution in [1.82, 2.24) is 9.88 Å². The molecule has 0 spiro atoms. The van der Waals surface area contributed by atoms with Crippen LogP contribution in [0.5, 0.6) is 0 Å². The van der Waals surface area contributed by atoms with E-state index in [1.165, 1.54) is 25.4 Å². The van der Waals surface area contributed by atoms with E-state index in [1.807, 2.05) is 11.0 Å². The van der Waals surface area contributed by atoms with Crippen LogP contribution in [0.3, 0.4) is 0 Å². The number of amides is 1. The van der Waals surface area contributed by atoms with Gasteiger partial charge in [-0.2, -0.15) is 5.26 Å². The van der Waals surface area contributed by atoms with Crippen molar-refractivity contribution in [2.45, 2.75) is 0 Å². The molecule has 8 heteroatoms. The molecule has 27 heavy (non-hydrogen) atoms. The first-order valence-electron chi connectivity index (χ1n) is 8.32. The second-order valence-corrected chi connectivity index (χ2v) is 5.95. The van der Waals surface area contributed by atoms with Crippen molar-refractivity contribution < 1.29 is 18.7 Å². The van der Waals surface area contributed by atoms with Gasteiger partial charge in [-0.1, -0.05) is 6.07 Å². The van der Waals surface area contributed by atoms with E-state index in [2.05, 4.69) is 9.72 Å². The Hall–Kier alpha value is -3.47. The number of pyridine rings is 1. The predicted octanol–water partition coefficient (Wildman–Crippen LogP) is 1.84. The van der Waals surface area contributed by atoms with Gasteiger partial charge in [-0.05, 0) is 24.3 Å². The van der Waals surface area contributed by atoms with Crippen LogP contribution in [0.15, 0.2) is 36.5 Å². The van der Waals surface area contributed by atoms with Gasteiger partial charge in [0.1, 0.15) is 23.1 Å². The Morgan fingerprint density at radius 1 is 1.22 bits per heavy atom. The molecule has 0 bridgehead atoms. The van der Waals surface area contributed by atoms with Crippen molar-refractivity contribution in [3.8, 4) is 6.07 Å². The molecule has 0 N–H and O–H groups in total. The third-order valence-electron chi connectivity index (χ3n) is 4.41. The topological polar surface area (TPSA) is 86.5 Å². The number of hydrogen-bond acceptors (Lipinski definition) is 6. The van der Waals surface area contributed by atoms with Crippen molar-refractivity contribution in [1.29, 1.82) is 5.26 Å². The molecule has 0 unspecified atom stereocenters. The van der Waals surface area contributed by atoms with Crippen LogP contribution in [0, 0.1) is 17.1 Å². The van der Waals surface area contributed by atoms with Gasteiger partial charge in [0.05, 0.1) is 12.8 Å². The number of ether oxygens (including phenoxy) is 1. The summed E-state index contributed by atoms with van der Waals surface area (Å²) in [6, 6.07) is 9.36. The van der Waals surface area contributed by atoms with Gasteiger partial charge in [0.25, 0.3) is 5.91 Å². The number of piperazine rings is 1. The molecule has 1 aromatic carbocycles. The maximum absolute atomic E-state index is 13.8. The molecule has 1 aliphatic rings. The molecule has 2 heterocycles. The van der Waals surface area contributed by atoms with Crippen molar-refractivity contribution in [3.05, 3.63) is 59.2 Å². The first kappa shape index (κ1) is 18.3. The predicted molar refractivity (Wildman–Crippen MR) is 94.8 cm³/mol. The average molecular weight is 368 g/mol. The largest absolute Gasteiger partial charge is 0.464 e. The maximum Gasteiger partial charge on any atom is 0.356 e. The van der Waals surface area contributed by atoms with Crippen LogP contribution in [0.2, 0.25) is 0 Å². The highest BCUT2D eigenvalue weighted by Gasteiger charge is 2.25. The lowest BCUT2D eigenvalue weighted by molar-refractivity contribution is 0.0594. The Morgan fingerprint density at radius 3 is 2.63 bits per heavy atom. The van der Waals surface area contributed by atoms with Gasteiger partial charge in [0.15, 0.2) is 0 Å². The number of anilines is 1. The lowest BCUT2D eigenvalue weighted by Crippen LogP contribution is -2.49. The molecular formula is C19H17FN4O3. The summed E-state index contributed by atoms with van der Waals surface area (Å²) in [6.45, 7) is 1.77. The van der Waals surface area contributed by atoms with Gasteiger partial charge in [-0.25, -0.2) is 14.2 Å². The highest BCUT2D eigenvalue weighted by atomic mass is 19.1. The Kier molecular flexibility index (Phi) is 5.31. The monoisotopic (exact) mass is 368 g/mol. The van der Waals surface area contributed by atoms with E-state index in [-0.39, 0.29) is 17.2 Å². The summed E-state index contributed by atoms with van der Waals surface area (Å²) in [4.78, 5) is 31.7. The third kappa shape index (κ3) is 3.72. The van der Waals surface area contributed by atoms with Crippen LogP contribution in [0.1, 0.15) is 26.4 Å². The number of esters is 1. The number of hydrogen-bond donors (Lipinski definition) is 0. The number of rotatable bonds is 3. The zero-order valence-electron chi connectivity index (χ0n) is 14.7. The fraction of sp³-hybridized carbons (Fsp3) is 0.263. The van der Waals surface area contributed by atoms with E-state index in [4.69, 9.17) is 0 Å². The first-order valence-corrected chi connectivity index (χ1v) is 8.32. The zero-order valence-corrected chi connectivity index (χ0v) is 14.7. The van der Waals surface area contributed by atoms with E-state index in [9.17, 15) is 19.2 Å². The smallest absolute Gasteiger partial charge is 0.356 e. The van der Waals surface area contributed by atoms with E-state index in [0.29, 0.717) is 37.4 Å². The molecule has 1 fully saturated rings. The minimum atomic E-state index is -0.607. The molecule has 1 saturated heterocycles. The molecule has 1 amide bonds. The van der Waals surface area contributed by atoms with Crippen molar-refractivity contribution in [2.24, 2.45) is 0 Å². The van der Waals surface area contributed by atoms with Crippen LogP contribution in [0.4, 0.5) is 10.1 Å². The average Bonchev–Trinajstić information content (AvgIpc) is 2.72. The summed E-state index contributed by atoms with van der Waals surface area (Å²) < 4.78 is 18.4. The third-order valence-corrected chi connectivity index (χ3v) is 4.41. The zero-order chi connectivity index (χ0) is 19.4. The second-order valence-electron chi connectivity index (χ2n) is 5.95. The van der Waals surface area contributed by atoms with Crippen LogP contribution >= 0.6 is 0 Å². The summed E-state index contributed by atoms with van der Waals surface area (Å²) in [6.07, 6.45) is 1.39. The molecule has 7 nitrogen and oxygen atoms in total. The molecule has 0 radical (unpaired) electrons. The van der Waals surface area contributed by atoms with Crippen LogP contribution in [-0.2, 0) is 4.74 Å². The van der Waals surface area contributed by atoms with Crippen LogP contribution < -0.4 is 4.90 Å². The molecule has 138 valence electrons. The van der Waals surface area contributed by atoms with E-state index < -0.39 is 11.8 Å². The van der Waals surface area contributed by atoms with Gasteiger partial charge < -0.3 is 14.5 Å². The molecule has 1 aliphatic heterocycles. The summed E-state index contributed by atoms with van der Waals surface area (Å²) >= 11 is 0. The van der Waals surface area contributed by atoms with Crippen LogP contribution in [-0.4, -0.2) is 55.0 Å². The number of halogens is 1. The summed E-state index contributed by atoms with van der Waals surface area (Å²) in [5, 5.41) is 9.19. The number of nitriles is 1. The lowest BCUT2D eigenvalue weighted by Gasteiger charge is -2.36. The summed E-state index contributed by atoms with van der Waals surface area (Å²) in [5.41, 5.74) is 0.957. The Balaban J connectivity index is 1.71. The molecule has 0 saturated carbocycles. The normalized spacial score (nSPS) is 13.8. The number of benzene rings is 1. The SMILES string of the molecule is COC(=O)c1cc(C(=O)N2CCN(c3cccc(F)c3C#N)CC2)ccn1. The standard InChI is InChI=1S/C19H17FN4O3/c1-27-19(26)16-11-13(5-6-22-16)18(25)24-9-7-23(8-10-24)17-4-2-3-15(20)14(17)12-21/h2-6,11H,7-10H2,1H3. The quantitative estimate of drug-likeness (QED) is 0.769. The number of nitrogens with zero attached hydrogens (tertiary/aromatic N) is 4. The van der Waals surface area contributed by atoms with Crippen molar-refractivity contribution in [3.63, 3.8) is 0 Å².